The zero-order valence-corrected chi connectivity index (χ0v) is 10.6. The first kappa shape index (κ1) is 12.2. The number of hydrogen-bond donors (Lipinski definition) is 2. The molecule has 2 rings (SSSR count). The van der Waals surface area contributed by atoms with E-state index in [-0.39, 0.29) is 21.8 Å². The Bertz CT molecular complexity index is 532. The highest BCUT2D eigenvalue weighted by Crippen LogP contribution is 2.18. The molecule has 1 amide bonds. The molecule has 0 bridgehead atoms. The third-order valence-corrected chi connectivity index (χ3v) is 3.02. The summed E-state index contributed by atoms with van der Waals surface area (Å²) in [6, 6.07) is 4.75. The molecule has 0 aliphatic heterocycles. The van der Waals surface area contributed by atoms with Gasteiger partial charge in [-0.05, 0) is 18.2 Å². The van der Waals surface area contributed by atoms with Gasteiger partial charge >= 0.3 is 0 Å². The van der Waals surface area contributed by atoms with Crippen LogP contribution in [0.3, 0.4) is 0 Å². The van der Waals surface area contributed by atoms with Crippen molar-refractivity contribution in [3.8, 4) is 0 Å². The van der Waals surface area contributed by atoms with Gasteiger partial charge in [0.2, 0.25) is 0 Å². The van der Waals surface area contributed by atoms with Crippen molar-refractivity contribution in [2.24, 2.45) is 0 Å². The lowest BCUT2D eigenvalue weighted by molar-refractivity contribution is 0.0984. The smallest absolute Gasteiger partial charge is 0.264 e. The van der Waals surface area contributed by atoms with Crippen LogP contribution in [0.5, 0.6) is 0 Å². The minimum atomic E-state index is -0.348. The molecule has 2 N–H and O–H groups in total. The lowest BCUT2D eigenvalue weighted by atomic mass is 10.3. The van der Waals surface area contributed by atoms with Crippen molar-refractivity contribution in [2.75, 3.05) is 0 Å². The summed E-state index contributed by atoms with van der Waals surface area (Å²) < 4.78 is 2.60. The minimum Gasteiger partial charge on any atom is -0.290 e. The van der Waals surface area contributed by atoms with Gasteiger partial charge in [-0.3, -0.25) is 14.6 Å². The summed E-state index contributed by atoms with van der Waals surface area (Å²) in [7, 11) is 0. The Morgan fingerprint density at radius 2 is 2.18 bits per heavy atom. The lowest BCUT2D eigenvalue weighted by Gasteiger charge is -2.04. The highest BCUT2D eigenvalue weighted by Gasteiger charge is 2.12. The predicted octanol–water partition coefficient (Wildman–Crippen LogP) is 2.55. The van der Waals surface area contributed by atoms with Crippen molar-refractivity contribution in [1.29, 1.82) is 0 Å². The molecule has 2 heterocycles. The van der Waals surface area contributed by atoms with Crippen LogP contribution in [0.15, 0.2) is 29.4 Å². The topological polar surface area (TPSA) is 70.7 Å². The fourth-order valence-electron chi connectivity index (χ4n) is 1.04. The van der Waals surface area contributed by atoms with Crippen LogP contribution in [0.4, 0.5) is 0 Å². The normalized spacial score (nSPS) is 10.2. The highest BCUT2D eigenvalue weighted by atomic mass is 35.5. The molecular formula is C9H6Cl2N4OS. The Labute approximate surface area is 111 Å². The molecule has 0 unspecified atom stereocenters. The van der Waals surface area contributed by atoms with E-state index in [2.05, 4.69) is 19.9 Å². The van der Waals surface area contributed by atoms with E-state index >= 15 is 0 Å². The van der Waals surface area contributed by atoms with Crippen molar-refractivity contribution in [3.63, 3.8) is 0 Å². The quantitative estimate of drug-likeness (QED) is 0.673. The molecule has 2 aromatic heterocycles. The van der Waals surface area contributed by atoms with E-state index < -0.39 is 0 Å². The number of aromatic nitrogens is 3. The Morgan fingerprint density at radius 1 is 1.35 bits per heavy atom. The van der Waals surface area contributed by atoms with E-state index in [1.807, 2.05) is 0 Å². The molecule has 0 aliphatic rings. The summed E-state index contributed by atoms with van der Waals surface area (Å²) >= 11 is 12.5. The highest BCUT2D eigenvalue weighted by molar-refractivity contribution is 7.97. The van der Waals surface area contributed by atoms with Crippen LogP contribution in [-0.4, -0.2) is 21.1 Å². The molecule has 88 valence electrons. The van der Waals surface area contributed by atoms with Crippen molar-refractivity contribution in [2.45, 2.75) is 5.03 Å². The van der Waals surface area contributed by atoms with Gasteiger partial charge in [-0.2, -0.15) is 5.10 Å². The third kappa shape index (κ3) is 3.12. The summed E-state index contributed by atoms with van der Waals surface area (Å²) in [6.45, 7) is 0. The maximum Gasteiger partial charge on any atom is 0.264 e. The van der Waals surface area contributed by atoms with Gasteiger partial charge in [-0.1, -0.05) is 23.2 Å². The van der Waals surface area contributed by atoms with Gasteiger partial charge in [0.15, 0.2) is 0 Å². The SMILES string of the molecule is O=C(NSc1ccn[nH]1)c1ccc(Cl)nc1Cl. The number of H-pyrrole nitrogens is 1. The molecule has 0 aliphatic carbocycles. The molecule has 8 heteroatoms. The van der Waals surface area contributed by atoms with Gasteiger partial charge in [-0.25, -0.2) is 4.98 Å². The fraction of sp³-hybridized carbons (Fsp3) is 0. The van der Waals surface area contributed by atoms with Gasteiger partial charge in [0.25, 0.3) is 5.91 Å². The van der Waals surface area contributed by atoms with Crippen LogP contribution in [0.2, 0.25) is 10.3 Å². The van der Waals surface area contributed by atoms with E-state index in [0.717, 1.165) is 17.0 Å². The Hall–Kier alpha value is -1.24. The number of halogens is 2. The Morgan fingerprint density at radius 3 is 2.82 bits per heavy atom. The molecule has 2 aromatic rings. The molecule has 0 fully saturated rings. The molecular weight excluding hydrogens is 283 g/mol. The summed E-state index contributed by atoms with van der Waals surface area (Å²) in [5, 5.41) is 7.48. The average Bonchev–Trinajstić information content (AvgIpc) is 2.78. The number of nitrogens with one attached hydrogen (secondary N) is 2. The van der Waals surface area contributed by atoms with Crippen molar-refractivity contribution < 1.29 is 4.79 Å². The Kier molecular flexibility index (Phi) is 3.88. The number of carbonyl (C=O) groups excluding carboxylic acids is 1. The van der Waals surface area contributed by atoms with Crippen LogP contribution in [0, 0.1) is 0 Å². The molecule has 0 aromatic carbocycles. The maximum atomic E-state index is 11.7. The lowest BCUT2D eigenvalue weighted by Crippen LogP contribution is -2.16. The number of aromatic amines is 1. The van der Waals surface area contributed by atoms with Gasteiger partial charge in [-0.15, -0.1) is 0 Å². The first-order chi connectivity index (χ1) is 8.16. The summed E-state index contributed by atoms with van der Waals surface area (Å²) in [4.78, 5) is 15.5. The molecule has 0 spiro atoms. The standard InChI is InChI=1S/C9H6Cl2N4OS/c10-6-2-1-5(8(11)13-6)9(16)15-17-7-3-4-12-14-7/h1-4H,(H,12,14)(H,15,16). The maximum absolute atomic E-state index is 11.7. The third-order valence-electron chi connectivity index (χ3n) is 1.79. The number of rotatable bonds is 3. The average molecular weight is 289 g/mol. The number of hydrogen-bond acceptors (Lipinski definition) is 4. The summed E-state index contributed by atoms with van der Waals surface area (Å²) in [5.41, 5.74) is 0.267. The number of pyridine rings is 1. The zero-order valence-electron chi connectivity index (χ0n) is 8.28. The van der Waals surface area contributed by atoms with Gasteiger partial charge in [0.1, 0.15) is 15.3 Å². The van der Waals surface area contributed by atoms with Gasteiger partial charge in [0.05, 0.1) is 5.56 Å². The van der Waals surface area contributed by atoms with Crippen LogP contribution in [0.1, 0.15) is 10.4 Å². The molecule has 0 atom stereocenters. The van der Waals surface area contributed by atoms with Crippen LogP contribution < -0.4 is 4.72 Å². The zero-order chi connectivity index (χ0) is 12.3. The second-order valence-electron chi connectivity index (χ2n) is 2.93. The van der Waals surface area contributed by atoms with Gasteiger partial charge < -0.3 is 0 Å². The molecule has 5 nitrogen and oxygen atoms in total. The first-order valence-corrected chi connectivity index (χ1v) is 6.02. The van der Waals surface area contributed by atoms with Crippen molar-refractivity contribution in [3.05, 3.63) is 40.3 Å². The largest absolute Gasteiger partial charge is 0.290 e. The second kappa shape index (κ2) is 5.39. The molecule has 0 saturated carbocycles. The second-order valence-corrected chi connectivity index (χ2v) is 4.52. The fourth-order valence-corrected chi connectivity index (χ4v) is 2.01. The Balaban J connectivity index is 2.04. The van der Waals surface area contributed by atoms with Crippen LogP contribution in [0.25, 0.3) is 0 Å². The van der Waals surface area contributed by atoms with Crippen molar-refractivity contribution >= 4 is 41.1 Å². The summed E-state index contributed by atoms with van der Waals surface area (Å²) in [5.74, 6) is -0.348. The van der Waals surface area contributed by atoms with E-state index in [0.29, 0.717) is 0 Å². The minimum absolute atomic E-state index is 0.0696. The van der Waals surface area contributed by atoms with Crippen LogP contribution >= 0.6 is 35.1 Å². The molecule has 0 saturated heterocycles. The van der Waals surface area contributed by atoms with E-state index in [4.69, 9.17) is 23.2 Å². The molecule has 17 heavy (non-hydrogen) atoms. The first-order valence-electron chi connectivity index (χ1n) is 4.45. The van der Waals surface area contributed by atoms with Crippen LogP contribution in [-0.2, 0) is 0 Å². The number of nitrogens with zero attached hydrogens (tertiary/aromatic N) is 2. The number of amides is 1. The van der Waals surface area contributed by atoms with E-state index in [9.17, 15) is 4.79 Å². The van der Waals surface area contributed by atoms with Crippen molar-refractivity contribution in [1.82, 2.24) is 19.9 Å². The molecule has 0 radical (unpaired) electrons. The van der Waals surface area contributed by atoms with Gasteiger partial charge in [0, 0.05) is 18.1 Å². The predicted molar refractivity (Wildman–Crippen MR) is 66.2 cm³/mol. The summed E-state index contributed by atoms with van der Waals surface area (Å²) in [6.07, 6.45) is 1.59. The van der Waals surface area contributed by atoms with E-state index in [1.54, 1.807) is 12.3 Å². The number of carbonyl (C=O) groups is 1. The monoisotopic (exact) mass is 288 g/mol. The van der Waals surface area contributed by atoms with E-state index in [1.165, 1.54) is 12.1 Å².